The number of carboxylic acid groups (broad SMARTS) is 1. The number of rotatable bonds is 5. The van der Waals surface area contributed by atoms with E-state index in [-0.39, 0.29) is 11.5 Å². The number of unbranched alkanes of at least 4 members (excludes halogenated alkanes) is 1. The van der Waals surface area contributed by atoms with Crippen LogP contribution in [-0.4, -0.2) is 21.2 Å². The summed E-state index contributed by atoms with van der Waals surface area (Å²) in [5.41, 5.74) is 0.628. The molecule has 0 unspecified atom stereocenters. The summed E-state index contributed by atoms with van der Waals surface area (Å²) in [5, 5.41) is 12.9. The Morgan fingerprint density at radius 2 is 2.17 bits per heavy atom. The van der Waals surface area contributed by atoms with Gasteiger partial charge in [0.05, 0.1) is 11.1 Å². The lowest BCUT2D eigenvalue weighted by Gasteiger charge is -1.99. The minimum atomic E-state index is -1.00. The first-order valence-electron chi connectivity index (χ1n) is 5.87. The number of aromatic nitrogens is 2. The van der Waals surface area contributed by atoms with Gasteiger partial charge in [0.1, 0.15) is 0 Å². The lowest BCUT2D eigenvalue weighted by Crippen LogP contribution is -1.99. The smallest absolute Gasteiger partial charge is 0.336 e. The molecule has 0 aliphatic heterocycles. The lowest BCUT2D eigenvalue weighted by molar-refractivity contribution is 0.0697. The second-order valence-corrected chi connectivity index (χ2v) is 3.97. The predicted molar refractivity (Wildman–Crippen MR) is 65.3 cm³/mol. The van der Waals surface area contributed by atoms with Crippen LogP contribution in [0, 0.1) is 0 Å². The molecular weight excluding hydrogens is 232 g/mol. The molecule has 0 aliphatic rings. The average molecular weight is 246 g/mol. The monoisotopic (exact) mass is 246 g/mol. The number of benzene rings is 1. The normalized spacial score (nSPS) is 10.5. The number of aryl methyl sites for hydroxylation is 1. The van der Waals surface area contributed by atoms with Crippen molar-refractivity contribution in [1.29, 1.82) is 0 Å². The quantitative estimate of drug-likeness (QED) is 0.877. The van der Waals surface area contributed by atoms with E-state index in [2.05, 4.69) is 17.1 Å². The van der Waals surface area contributed by atoms with Crippen molar-refractivity contribution in [1.82, 2.24) is 10.1 Å². The van der Waals surface area contributed by atoms with Gasteiger partial charge in [0, 0.05) is 6.42 Å². The molecule has 0 spiro atoms. The standard InChI is InChI=1S/C13H14N2O3/c1-2-3-8-11-14-12(18-15-11)9-6-4-5-7-10(9)13(16)17/h4-7H,2-3,8H2,1H3,(H,16,17). The molecule has 0 bridgehead atoms. The fourth-order valence-corrected chi connectivity index (χ4v) is 1.66. The second kappa shape index (κ2) is 5.44. The van der Waals surface area contributed by atoms with E-state index in [0.29, 0.717) is 11.4 Å². The molecule has 1 aromatic carbocycles. The fourth-order valence-electron chi connectivity index (χ4n) is 1.66. The molecule has 0 fully saturated rings. The van der Waals surface area contributed by atoms with Gasteiger partial charge in [0.2, 0.25) is 0 Å². The van der Waals surface area contributed by atoms with E-state index in [9.17, 15) is 4.79 Å². The molecule has 1 heterocycles. The second-order valence-electron chi connectivity index (χ2n) is 3.97. The van der Waals surface area contributed by atoms with Gasteiger partial charge >= 0.3 is 5.97 Å². The highest BCUT2D eigenvalue weighted by molar-refractivity contribution is 5.94. The highest BCUT2D eigenvalue weighted by Gasteiger charge is 2.16. The van der Waals surface area contributed by atoms with E-state index in [0.717, 1.165) is 19.3 Å². The van der Waals surface area contributed by atoms with Gasteiger partial charge in [-0.25, -0.2) is 4.79 Å². The van der Waals surface area contributed by atoms with Crippen LogP contribution in [0.15, 0.2) is 28.8 Å². The molecule has 2 aromatic rings. The van der Waals surface area contributed by atoms with E-state index < -0.39 is 5.97 Å². The Kier molecular flexibility index (Phi) is 3.72. The van der Waals surface area contributed by atoms with Crippen molar-refractivity contribution in [3.63, 3.8) is 0 Å². The number of hydrogen-bond donors (Lipinski definition) is 1. The van der Waals surface area contributed by atoms with Crippen molar-refractivity contribution in [2.75, 3.05) is 0 Å². The molecule has 1 N–H and O–H groups in total. The Bertz CT molecular complexity index is 549. The molecule has 5 heteroatoms. The van der Waals surface area contributed by atoms with E-state index in [1.54, 1.807) is 18.2 Å². The molecule has 18 heavy (non-hydrogen) atoms. The van der Waals surface area contributed by atoms with Crippen molar-refractivity contribution in [3.05, 3.63) is 35.7 Å². The minimum absolute atomic E-state index is 0.170. The van der Waals surface area contributed by atoms with Gasteiger partial charge in [0.25, 0.3) is 5.89 Å². The van der Waals surface area contributed by atoms with Crippen LogP contribution in [0.25, 0.3) is 11.5 Å². The summed E-state index contributed by atoms with van der Waals surface area (Å²) < 4.78 is 5.11. The van der Waals surface area contributed by atoms with Crippen LogP contribution in [0.2, 0.25) is 0 Å². The molecule has 0 amide bonds. The number of aromatic carboxylic acids is 1. The van der Waals surface area contributed by atoms with Crippen molar-refractivity contribution in [2.24, 2.45) is 0 Å². The zero-order valence-corrected chi connectivity index (χ0v) is 10.1. The lowest BCUT2D eigenvalue weighted by atomic mass is 10.1. The Balaban J connectivity index is 2.31. The number of carboxylic acids is 1. The highest BCUT2D eigenvalue weighted by atomic mass is 16.5. The van der Waals surface area contributed by atoms with Crippen molar-refractivity contribution < 1.29 is 14.4 Å². The Morgan fingerprint density at radius 1 is 1.39 bits per heavy atom. The van der Waals surface area contributed by atoms with Crippen LogP contribution in [0.4, 0.5) is 0 Å². The van der Waals surface area contributed by atoms with Crippen LogP contribution in [0.3, 0.4) is 0 Å². The number of hydrogen-bond acceptors (Lipinski definition) is 4. The van der Waals surface area contributed by atoms with Gasteiger partial charge in [-0.3, -0.25) is 0 Å². The summed E-state index contributed by atoms with van der Waals surface area (Å²) in [5.74, 6) is -0.120. The van der Waals surface area contributed by atoms with E-state index in [1.807, 2.05) is 0 Å². The van der Waals surface area contributed by atoms with Gasteiger partial charge in [-0.2, -0.15) is 4.98 Å². The highest BCUT2D eigenvalue weighted by Crippen LogP contribution is 2.22. The molecular formula is C13H14N2O3. The third-order valence-electron chi connectivity index (χ3n) is 2.61. The molecule has 2 rings (SSSR count). The maximum atomic E-state index is 11.1. The average Bonchev–Trinajstić information content (AvgIpc) is 2.85. The SMILES string of the molecule is CCCCc1noc(-c2ccccc2C(=O)O)n1. The fraction of sp³-hybridized carbons (Fsp3) is 0.308. The Hall–Kier alpha value is -2.17. The Labute approximate surface area is 104 Å². The summed E-state index contributed by atoms with van der Waals surface area (Å²) in [7, 11) is 0. The van der Waals surface area contributed by atoms with Gasteiger partial charge in [-0.05, 0) is 18.6 Å². The molecule has 94 valence electrons. The number of nitrogens with zero attached hydrogens (tertiary/aromatic N) is 2. The summed E-state index contributed by atoms with van der Waals surface area (Å²) in [4.78, 5) is 15.3. The largest absolute Gasteiger partial charge is 0.478 e. The molecule has 5 nitrogen and oxygen atoms in total. The first-order chi connectivity index (χ1) is 8.72. The third-order valence-corrected chi connectivity index (χ3v) is 2.61. The zero-order valence-electron chi connectivity index (χ0n) is 10.1. The van der Waals surface area contributed by atoms with E-state index in [1.165, 1.54) is 6.07 Å². The van der Waals surface area contributed by atoms with Crippen LogP contribution >= 0.6 is 0 Å². The molecule has 0 saturated heterocycles. The first-order valence-corrected chi connectivity index (χ1v) is 5.87. The zero-order chi connectivity index (χ0) is 13.0. The summed E-state index contributed by atoms with van der Waals surface area (Å²) in [6.45, 7) is 2.08. The summed E-state index contributed by atoms with van der Waals surface area (Å²) in [6.07, 6.45) is 2.78. The molecule has 0 radical (unpaired) electrons. The third kappa shape index (κ3) is 2.56. The molecule has 0 atom stereocenters. The molecule has 0 saturated carbocycles. The maximum absolute atomic E-state index is 11.1. The van der Waals surface area contributed by atoms with Crippen LogP contribution in [0.1, 0.15) is 35.9 Å². The summed E-state index contributed by atoms with van der Waals surface area (Å²) >= 11 is 0. The van der Waals surface area contributed by atoms with E-state index in [4.69, 9.17) is 9.63 Å². The summed E-state index contributed by atoms with van der Waals surface area (Å²) in [6, 6.07) is 6.60. The van der Waals surface area contributed by atoms with Gasteiger partial charge in [-0.15, -0.1) is 0 Å². The van der Waals surface area contributed by atoms with Crippen LogP contribution in [-0.2, 0) is 6.42 Å². The minimum Gasteiger partial charge on any atom is -0.478 e. The molecule has 0 aliphatic carbocycles. The molecule has 1 aromatic heterocycles. The number of carbonyl (C=O) groups is 1. The first kappa shape index (κ1) is 12.3. The van der Waals surface area contributed by atoms with E-state index >= 15 is 0 Å². The Morgan fingerprint density at radius 3 is 2.89 bits per heavy atom. The van der Waals surface area contributed by atoms with Gasteiger partial charge < -0.3 is 9.63 Å². The van der Waals surface area contributed by atoms with Crippen LogP contribution < -0.4 is 0 Å². The van der Waals surface area contributed by atoms with Crippen molar-refractivity contribution in [3.8, 4) is 11.5 Å². The van der Waals surface area contributed by atoms with Crippen LogP contribution in [0.5, 0.6) is 0 Å². The maximum Gasteiger partial charge on any atom is 0.336 e. The van der Waals surface area contributed by atoms with Crippen molar-refractivity contribution >= 4 is 5.97 Å². The van der Waals surface area contributed by atoms with Gasteiger partial charge in [0.15, 0.2) is 5.82 Å². The predicted octanol–water partition coefficient (Wildman–Crippen LogP) is 2.78. The topological polar surface area (TPSA) is 76.2 Å². The van der Waals surface area contributed by atoms with Gasteiger partial charge in [-0.1, -0.05) is 30.6 Å². The van der Waals surface area contributed by atoms with Crippen molar-refractivity contribution in [2.45, 2.75) is 26.2 Å².